The quantitative estimate of drug-likeness (QED) is 0.208. The standard InChI is InChI=1S/C33H35ClN8O/c1-32(2,3)18-37-28-20(15-35)16-36-29-25(28)10-21(11-26(29)34)38-30(27-17-42(40-39-27)33-12-19(13-33)14-33)23-6-5-7-24-22(23)8-9-41(4)31(24)43/h5-11,16-17,19,30,38-40H,12-14,18H2,1-4H3,(H,36,37)/t19?,30-,33?/m0/s1. The minimum atomic E-state index is -0.340. The van der Waals surface area contributed by atoms with Crippen LogP contribution in [0.5, 0.6) is 0 Å². The van der Waals surface area contributed by atoms with Gasteiger partial charge >= 0.3 is 0 Å². The lowest BCUT2D eigenvalue weighted by Crippen LogP contribution is -2.69. The molecule has 3 saturated carbocycles. The summed E-state index contributed by atoms with van der Waals surface area (Å²) in [6.45, 7) is 7.10. The number of benzene rings is 2. The summed E-state index contributed by atoms with van der Waals surface area (Å²) in [6.07, 6.45) is 9.14. The first-order valence-electron chi connectivity index (χ1n) is 14.7. The molecular formula is C33H35ClN8O. The van der Waals surface area contributed by atoms with Crippen molar-refractivity contribution >= 4 is 44.7 Å². The van der Waals surface area contributed by atoms with E-state index in [-0.39, 0.29) is 22.6 Å². The van der Waals surface area contributed by atoms with E-state index in [1.165, 1.54) is 19.3 Å². The molecule has 3 heterocycles. The van der Waals surface area contributed by atoms with E-state index in [9.17, 15) is 10.1 Å². The monoisotopic (exact) mass is 594 g/mol. The van der Waals surface area contributed by atoms with Crippen molar-refractivity contribution in [3.05, 3.63) is 87.2 Å². The first kappa shape index (κ1) is 27.6. The normalized spacial score (nSPS) is 21.4. The molecule has 0 unspecified atom stereocenters. The van der Waals surface area contributed by atoms with Crippen molar-refractivity contribution < 1.29 is 0 Å². The highest BCUT2D eigenvalue weighted by Gasteiger charge is 2.60. The van der Waals surface area contributed by atoms with Crippen molar-refractivity contribution in [2.24, 2.45) is 18.4 Å². The van der Waals surface area contributed by atoms with E-state index in [1.54, 1.807) is 17.8 Å². The second kappa shape index (κ2) is 9.90. The van der Waals surface area contributed by atoms with Gasteiger partial charge in [-0.15, -0.1) is 5.53 Å². The van der Waals surface area contributed by atoms with Crippen molar-refractivity contribution in [3.8, 4) is 6.07 Å². The molecule has 1 aliphatic heterocycles. The number of aryl methyl sites for hydroxylation is 1. The van der Waals surface area contributed by atoms with Crippen LogP contribution in [0.1, 0.15) is 57.2 Å². The van der Waals surface area contributed by atoms with Gasteiger partial charge in [0.1, 0.15) is 6.07 Å². The van der Waals surface area contributed by atoms with Gasteiger partial charge in [0.25, 0.3) is 5.56 Å². The van der Waals surface area contributed by atoms with Crippen LogP contribution in [0.3, 0.4) is 0 Å². The van der Waals surface area contributed by atoms with E-state index < -0.39 is 0 Å². The molecule has 8 rings (SSSR count). The minimum absolute atomic E-state index is 0.00161. The zero-order valence-electron chi connectivity index (χ0n) is 24.8. The average molecular weight is 595 g/mol. The third-order valence-corrected chi connectivity index (χ3v) is 9.32. The molecule has 0 spiro atoms. The first-order chi connectivity index (χ1) is 20.5. The lowest BCUT2D eigenvalue weighted by Gasteiger charge is -2.64. The Morgan fingerprint density at radius 2 is 1.98 bits per heavy atom. The van der Waals surface area contributed by atoms with Crippen molar-refractivity contribution in [1.82, 2.24) is 25.5 Å². The number of hydrogen-bond acceptors (Lipinski definition) is 8. The van der Waals surface area contributed by atoms with Crippen molar-refractivity contribution in [1.29, 1.82) is 5.26 Å². The van der Waals surface area contributed by atoms with Crippen molar-refractivity contribution in [3.63, 3.8) is 0 Å². The summed E-state index contributed by atoms with van der Waals surface area (Å²) in [5, 5.41) is 22.1. The fourth-order valence-corrected chi connectivity index (χ4v) is 6.84. The number of fused-ring (bicyclic) bond motifs is 2. The van der Waals surface area contributed by atoms with Crippen LogP contribution in [-0.2, 0) is 7.05 Å². The average Bonchev–Trinajstić information content (AvgIpc) is 3.39. The van der Waals surface area contributed by atoms with E-state index in [1.807, 2.05) is 36.5 Å². The maximum Gasteiger partial charge on any atom is 0.258 e. The van der Waals surface area contributed by atoms with E-state index >= 15 is 0 Å². The number of anilines is 2. The van der Waals surface area contributed by atoms with Crippen LogP contribution in [0, 0.1) is 22.7 Å². The van der Waals surface area contributed by atoms with Gasteiger partial charge in [-0.05, 0) is 65.8 Å². The molecule has 2 aromatic heterocycles. The molecule has 2 aromatic carbocycles. The third kappa shape index (κ3) is 4.66. The van der Waals surface area contributed by atoms with Crippen LogP contribution in [0.2, 0.25) is 5.02 Å². The number of nitriles is 1. The maximum atomic E-state index is 13.1. The largest absolute Gasteiger partial charge is 0.383 e. The van der Waals surface area contributed by atoms with Crippen LogP contribution >= 0.6 is 11.6 Å². The third-order valence-electron chi connectivity index (χ3n) is 9.04. The van der Waals surface area contributed by atoms with Gasteiger partial charge in [-0.25, -0.2) is 0 Å². The molecule has 4 aromatic rings. The topological polar surface area (TPSA) is 110 Å². The minimum Gasteiger partial charge on any atom is -0.383 e. The Hall–Kier alpha value is -4.26. The number of nitrogens with zero attached hydrogens (tertiary/aromatic N) is 4. The molecule has 220 valence electrons. The van der Waals surface area contributed by atoms with Gasteiger partial charge in [-0.2, -0.15) is 5.26 Å². The summed E-state index contributed by atoms with van der Waals surface area (Å²) in [6, 6.07) is 13.7. The Morgan fingerprint density at radius 3 is 2.67 bits per heavy atom. The molecule has 1 atom stereocenters. The van der Waals surface area contributed by atoms with Crippen molar-refractivity contribution in [2.45, 2.75) is 51.6 Å². The van der Waals surface area contributed by atoms with E-state index in [4.69, 9.17) is 11.6 Å². The second-order valence-electron chi connectivity index (χ2n) is 13.4. The summed E-state index contributed by atoms with van der Waals surface area (Å²) >= 11 is 6.85. The number of pyridine rings is 2. The fraction of sp³-hybridized carbons (Fsp3) is 0.364. The molecule has 10 heteroatoms. The molecule has 0 radical (unpaired) electrons. The predicted molar refractivity (Wildman–Crippen MR) is 171 cm³/mol. The Bertz CT molecular complexity index is 1900. The van der Waals surface area contributed by atoms with Crippen LogP contribution < -0.4 is 27.2 Å². The molecule has 3 fully saturated rings. The van der Waals surface area contributed by atoms with E-state index in [0.717, 1.165) is 33.6 Å². The molecule has 0 saturated heterocycles. The van der Waals surface area contributed by atoms with E-state index in [0.29, 0.717) is 33.7 Å². The van der Waals surface area contributed by atoms with Gasteiger partial charge in [0.2, 0.25) is 0 Å². The number of hydrazine groups is 2. The first-order valence-corrected chi connectivity index (χ1v) is 15.1. The number of nitrogens with one attached hydrogen (secondary N) is 4. The SMILES string of the molecule is Cn1ccc2c([C@H](Nc3cc(Cl)c4ncc(C#N)c(NCC(C)(C)C)c4c3)C3=CN(C45CC(C4)C5)NN3)cccc2c1=O. The summed E-state index contributed by atoms with van der Waals surface area (Å²) in [5.74, 6) is 0.843. The Kier molecular flexibility index (Phi) is 6.35. The Labute approximate surface area is 255 Å². The van der Waals surface area contributed by atoms with E-state index in [2.05, 4.69) is 70.7 Å². The Morgan fingerprint density at radius 1 is 1.19 bits per heavy atom. The molecule has 4 aliphatic rings. The lowest BCUT2D eigenvalue weighted by molar-refractivity contribution is -0.141. The molecule has 0 amide bonds. The zero-order chi connectivity index (χ0) is 30.1. The van der Waals surface area contributed by atoms with Gasteiger partial charge in [0.15, 0.2) is 0 Å². The number of halogens is 1. The molecule has 4 N–H and O–H groups in total. The maximum absolute atomic E-state index is 13.1. The number of aromatic nitrogens is 2. The molecule has 9 nitrogen and oxygen atoms in total. The Balaban J connectivity index is 1.35. The predicted octanol–water partition coefficient (Wildman–Crippen LogP) is 5.94. The van der Waals surface area contributed by atoms with Gasteiger partial charge in [0.05, 0.1) is 39.1 Å². The highest BCUT2D eigenvalue weighted by molar-refractivity contribution is 6.35. The molecular weight excluding hydrogens is 560 g/mol. The van der Waals surface area contributed by atoms with Gasteiger partial charge in [-0.1, -0.05) is 44.5 Å². The van der Waals surface area contributed by atoms with Gasteiger partial charge in [-0.3, -0.25) is 14.8 Å². The highest BCUT2D eigenvalue weighted by atomic mass is 35.5. The molecule has 3 aliphatic carbocycles. The molecule has 43 heavy (non-hydrogen) atoms. The van der Waals surface area contributed by atoms with Gasteiger partial charge in [0, 0.05) is 48.6 Å². The fourth-order valence-electron chi connectivity index (χ4n) is 6.57. The van der Waals surface area contributed by atoms with Crippen LogP contribution in [0.4, 0.5) is 11.4 Å². The summed E-state index contributed by atoms with van der Waals surface area (Å²) in [5.41, 5.74) is 11.4. The smallest absolute Gasteiger partial charge is 0.258 e. The summed E-state index contributed by atoms with van der Waals surface area (Å²) < 4.78 is 1.60. The highest BCUT2D eigenvalue weighted by Crippen LogP contribution is 2.60. The summed E-state index contributed by atoms with van der Waals surface area (Å²) in [7, 11) is 1.77. The van der Waals surface area contributed by atoms with Crippen LogP contribution in [-0.4, -0.2) is 26.6 Å². The molecule has 2 bridgehead atoms. The van der Waals surface area contributed by atoms with Crippen molar-refractivity contribution in [2.75, 3.05) is 17.2 Å². The summed E-state index contributed by atoms with van der Waals surface area (Å²) in [4.78, 5) is 17.6. The number of hydrogen-bond donors (Lipinski definition) is 4. The second-order valence-corrected chi connectivity index (χ2v) is 13.8. The van der Waals surface area contributed by atoms with Gasteiger partial charge < -0.3 is 20.6 Å². The lowest BCUT2D eigenvalue weighted by atomic mass is 9.49. The zero-order valence-corrected chi connectivity index (χ0v) is 25.5. The van der Waals surface area contributed by atoms with Crippen LogP contribution in [0.25, 0.3) is 21.7 Å². The number of rotatable bonds is 7. The van der Waals surface area contributed by atoms with Crippen LogP contribution in [0.15, 0.2) is 65.5 Å².